The van der Waals surface area contributed by atoms with Crippen molar-refractivity contribution in [3.05, 3.63) is 35.1 Å². The van der Waals surface area contributed by atoms with Gasteiger partial charge in [-0.3, -0.25) is 4.79 Å². The van der Waals surface area contributed by atoms with Gasteiger partial charge in [-0.05, 0) is 30.0 Å². The summed E-state index contributed by atoms with van der Waals surface area (Å²) >= 11 is 1.60. The Balaban J connectivity index is 2.26. The SMILES string of the molecule is Cc1ccsc1-c1ccnc(CC(N)C(=O)O)n1. The number of aliphatic carboxylic acids is 1. The normalized spacial score (nSPS) is 12.3. The van der Waals surface area contributed by atoms with Gasteiger partial charge in [-0.25, -0.2) is 9.97 Å². The Morgan fingerprint density at radius 3 is 2.94 bits per heavy atom. The molecule has 2 heterocycles. The summed E-state index contributed by atoms with van der Waals surface area (Å²) in [6.07, 6.45) is 1.76. The number of aromatic nitrogens is 2. The Bertz CT molecular complexity index is 568. The predicted octanol–water partition coefficient (Wildman–Crippen LogP) is 1.47. The minimum absolute atomic E-state index is 0.133. The second kappa shape index (κ2) is 5.24. The van der Waals surface area contributed by atoms with Crippen molar-refractivity contribution in [1.29, 1.82) is 0 Å². The van der Waals surface area contributed by atoms with Gasteiger partial charge in [0.15, 0.2) is 0 Å². The number of carboxylic acids is 1. The van der Waals surface area contributed by atoms with Gasteiger partial charge >= 0.3 is 5.97 Å². The molecule has 1 atom stereocenters. The first-order chi connectivity index (χ1) is 8.58. The first kappa shape index (κ1) is 12.7. The molecule has 0 aliphatic carbocycles. The molecule has 0 spiro atoms. The highest BCUT2D eigenvalue weighted by Crippen LogP contribution is 2.26. The summed E-state index contributed by atoms with van der Waals surface area (Å²) in [6, 6.07) is 2.86. The minimum atomic E-state index is -1.05. The highest BCUT2D eigenvalue weighted by atomic mass is 32.1. The lowest BCUT2D eigenvalue weighted by Crippen LogP contribution is -2.32. The standard InChI is InChI=1S/C12H13N3O2S/c1-7-3-5-18-11(7)9-2-4-14-10(15-9)6-8(13)12(16)17/h2-5,8H,6,13H2,1H3,(H,16,17). The highest BCUT2D eigenvalue weighted by molar-refractivity contribution is 7.13. The van der Waals surface area contributed by atoms with Crippen molar-refractivity contribution < 1.29 is 9.90 Å². The van der Waals surface area contributed by atoms with E-state index in [9.17, 15) is 4.79 Å². The second-order valence-electron chi connectivity index (χ2n) is 3.94. The Labute approximate surface area is 108 Å². The molecular weight excluding hydrogens is 250 g/mol. The monoisotopic (exact) mass is 263 g/mol. The van der Waals surface area contributed by atoms with Crippen molar-refractivity contribution in [3.63, 3.8) is 0 Å². The molecule has 0 radical (unpaired) electrons. The van der Waals surface area contributed by atoms with Crippen molar-refractivity contribution >= 4 is 17.3 Å². The van der Waals surface area contributed by atoms with Crippen LogP contribution in [0.2, 0.25) is 0 Å². The van der Waals surface area contributed by atoms with Gasteiger partial charge in [-0.15, -0.1) is 11.3 Å². The molecule has 0 aliphatic rings. The van der Waals surface area contributed by atoms with E-state index in [0.29, 0.717) is 5.82 Å². The topological polar surface area (TPSA) is 89.1 Å². The molecule has 0 bridgehead atoms. The molecule has 0 fully saturated rings. The average molecular weight is 263 g/mol. The molecule has 2 aromatic heterocycles. The molecule has 1 unspecified atom stereocenters. The zero-order chi connectivity index (χ0) is 13.1. The van der Waals surface area contributed by atoms with E-state index in [4.69, 9.17) is 10.8 Å². The van der Waals surface area contributed by atoms with Crippen LogP contribution in [0.3, 0.4) is 0 Å². The van der Waals surface area contributed by atoms with Gasteiger partial charge in [0.2, 0.25) is 0 Å². The van der Waals surface area contributed by atoms with Crippen molar-refractivity contribution in [1.82, 2.24) is 9.97 Å². The Kier molecular flexibility index (Phi) is 3.69. The first-order valence-corrected chi connectivity index (χ1v) is 6.30. The van der Waals surface area contributed by atoms with Gasteiger partial charge in [-0.2, -0.15) is 0 Å². The molecule has 18 heavy (non-hydrogen) atoms. The summed E-state index contributed by atoms with van der Waals surface area (Å²) in [4.78, 5) is 20.2. The molecule has 0 aromatic carbocycles. The predicted molar refractivity (Wildman–Crippen MR) is 69.4 cm³/mol. The second-order valence-corrected chi connectivity index (χ2v) is 4.86. The van der Waals surface area contributed by atoms with Crippen molar-refractivity contribution in [2.45, 2.75) is 19.4 Å². The quantitative estimate of drug-likeness (QED) is 0.871. The minimum Gasteiger partial charge on any atom is -0.480 e. The van der Waals surface area contributed by atoms with E-state index in [-0.39, 0.29) is 6.42 Å². The summed E-state index contributed by atoms with van der Waals surface area (Å²) in [5.41, 5.74) is 7.43. The van der Waals surface area contributed by atoms with Crippen LogP contribution in [-0.2, 0) is 11.2 Å². The molecular formula is C12H13N3O2S. The van der Waals surface area contributed by atoms with Gasteiger partial charge in [0.05, 0.1) is 10.6 Å². The molecule has 2 aromatic rings. The van der Waals surface area contributed by atoms with Gasteiger partial charge in [-0.1, -0.05) is 0 Å². The highest BCUT2D eigenvalue weighted by Gasteiger charge is 2.14. The van der Waals surface area contributed by atoms with Crippen LogP contribution in [0.4, 0.5) is 0 Å². The van der Waals surface area contributed by atoms with Gasteiger partial charge in [0, 0.05) is 12.6 Å². The van der Waals surface area contributed by atoms with Crippen LogP contribution in [0.5, 0.6) is 0 Å². The van der Waals surface area contributed by atoms with E-state index in [1.165, 1.54) is 0 Å². The number of carbonyl (C=O) groups is 1. The summed E-state index contributed by atoms with van der Waals surface area (Å²) in [7, 11) is 0. The number of hydrogen-bond acceptors (Lipinski definition) is 5. The lowest BCUT2D eigenvalue weighted by Gasteiger charge is -2.06. The maximum absolute atomic E-state index is 10.7. The van der Waals surface area contributed by atoms with Crippen LogP contribution < -0.4 is 5.73 Å². The van der Waals surface area contributed by atoms with E-state index < -0.39 is 12.0 Å². The number of thiophene rings is 1. The van der Waals surface area contributed by atoms with Crippen LogP contribution >= 0.6 is 11.3 Å². The Morgan fingerprint density at radius 2 is 2.33 bits per heavy atom. The fourth-order valence-electron chi connectivity index (χ4n) is 1.54. The molecule has 6 heteroatoms. The molecule has 3 N–H and O–H groups in total. The van der Waals surface area contributed by atoms with Gasteiger partial charge in [0.1, 0.15) is 11.9 Å². The van der Waals surface area contributed by atoms with E-state index in [1.807, 2.05) is 24.4 Å². The number of nitrogens with zero attached hydrogens (tertiary/aromatic N) is 2. The third-order valence-corrected chi connectivity index (χ3v) is 3.56. The maximum Gasteiger partial charge on any atom is 0.320 e. The van der Waals surface area contributed by atoms with Crippen LogP contribution in [0, 0.1) is 6.92 Å². The van der Waals surface area contributed by atoms with Gasteiger partial charge < -0.3 is 10.8 Å². The summed E-state index contributed by atoms with van der Waals surface area (Å²) < 4.78 is 0. The average Bonchev–Trinajstić information content (AvgIpc) is 2.75. The summed E-state index contributed by atoms with van der Waals surface area (Å²) in [5.74, 6) is -0.591. The number of rotatable bonds is 4. The smallest absolute Gasteiger partial charge is 0.320 e. The van der Waals surface area contributed by atoms with Crippen LogP contribution in [0.15, 0.2) is 23.7 Å². The maximum atomic E-state index is 10.7. The third kappa shape index (κ3) is 2.72. The zero-order valence-electron chi connectivity index (χ0n) is 9.83. The number of hydrogen-bond donors (Lipinski definition) is 2. The fraction of sp³-hybridized carbons (Fsp3) is 0.250. The lowest BCUT2D eigenvalue weighted by molar-refractivity contribution is -0.138. The van der Waals surface area contributed by atoms with E-state index >= 15 is 0 Å². The van der Waals surface area contributed by atoms with Crippen LogP contribution in [0.25, 0.3) is 10.6 Å². The third-order valence-electron chi connectivity index (χ3n) is 2.52. The lowest BCUT2D eigenvalue weighted by atomic mass is 10.2. The summed E-state index contributed by atoms with van der Waals surface area (Å²) in [5, 5.41) is 10.8. The molecule has 2 rings (SSSR count). The number of carboxylic acid groups (broad SMARTS) is 1. The van der Waals surface area contributed by atoms with Crippen molar-refractivity contribution in [3.8, 4) is 10.6 Å². The largest absolute Gasteiger partial charge is 0.480 e. The number of aryl methyl sites for hydroxylation is 1. The van der Waals surface area contributed by atoms with Crippen LogP contribution in [0.1, 0.15) is 11.4 Å². The molecule has 0 saturated heterocycles. The van der Waals surface area contributed by atoms with E-state index in [2.05, 4.69) is 9.97 Å². The molecule has 5 nitrogen and oxygen atoms in total. The van der Waals surface area contributed by atoms with Crippen LogP contribution in [-0.4, -0.2) is 27.1 Å². The Hall–Kier alpha value is -1.79. The molecule has 0 amide bonds. The molecule has 0 saturated carbocycles. The van der Waals surface area contributed by atoms with Crippen molar-refractivity contribution in [2.24, 2.45) is 5.73 Å². The van der Waals surface area contributed by atoms with Crippen molar-refractivity contribution in [2.75, 3.05) is 0 Å². The Morgan fingerprint density at radius 1 is 1.56 bits per heavy atom. The van der Waals surface area contributed by atoms with E-state index in [1.54, 1.807) is 17.5 Å². The fourth-order valence-corrected chi connectivity index (χ4v) is 2.44. The molecule has 94 valence electrons. The summed E-state index contributed by atoms with van der Waals surface area (Å²) in [6.45, 7) is 2.01. The molecule has 0 aliphatic heterocycles. The zero-order valence-corrected chi connectivity index (χ0v) is 10.6. The number of nitrogens with two attached hydrogens (primary N) is 1. The van der Waals surface area contributed by atoms with Gasteiger partial charge in [0.25, 0.3) is 0 Å². The van der Waals surface area contributed by atoms with E-state index in [0.717, 1.165) is 16.1 Å². The first-order valence-electron chi connectivity index (χ1n) is 5.42.